The van der Waals surface area contributed by atoms with Gasteiger partial charge in [-0.15, -0.1) is 0 Å². The summed E-state index contributed by atoms with van der Waals surface area (Å²) < 4.78 is 1.21. The van der Waals surface area contributed by atoms with E-state index in [0.29, 0.717) is 6.42 Å². The van der Waals surface area contributed by atoms with Crippen LogP contribution in [0.25, 0.3) is 10.2 Å². The Bertz CT molecular complexity index is 847. The number of thiazole rings is 1. The van der Waals surface area contributed by atoms with Gasteiger partial charge in [0.05, 0.1) is 10.2 Å². The van der Waals surface area contributed by atoms with Crippen LogP contribution in [-0.2, 0) is 11.2 Å². The monoisotopic (exact) mass is 366 g/mol. The van der Waals surface area contributed by atoms with Gasteiger partial charge in [0.25, 0.3) is 0 Å². The summed E-state index contributed by atoms with van der Waals surface area (Å²) in [7, 11) is 0. The van der Waals surface area contributed by atoms with E-state index in [0.717, 1.165) is 48.6 Å². The molecular formula is C20H22N4OS. The highest BCUT2D eigenvalue weighted by Gasteiger charge is 2.23. The normalized spacial score (nSPS) is 17.4. The zero-order valence-corrected chi connectivity index (χ0v) is 15.4. The van der Waals surface area contributed by atoms with E-state index in [9.17, 15) is 4.79 Å². The number of pyridine rings is 1. The molecule has 1 saturated heterocycles. The van der Waals surface area contributed by atoms with E-state index in [-0.39, 0.29) is 11.9 Å². The summed E-state index contributed by atoms with van der Waals surface area (Å²) in [6.07, 6.45) is 6.91. The number of para-hydroxylation sites is 1. The number of nitrogens with one attached hydrogen (secondary N) is 1. The van der Waals surface area contributed by atoms with Gasteiger partial charge in [-0.1, -0.05) is 23.5 Å². The molecule has 0 spiro atoms. The predicted molar refractivity (Wildman–Crippen MR) is 106 cm³/mol. The largest absolute Gasteiger partial charge is 0.352 e. The van der Waals surface area contributed by atoms with Crippen LogP contribution in [0, 0.1) is 0 Å². The number of nitrogens with zero attached hydrogens (tertiary/aromatic N) is 3. The molecule has 4 rings (SSSR count). The Morgan fingerprint density at radius 3 is 2.92 bits per heavy atom. The van der Waals surface area contributed by atoms with Gasteiger partial charge in [-0.3, -0.25) is 9.78 Å². The number of carbonyl (C=O) groups excluding carboxylic acids is 1. The van der Waals surface area contributed by atoms with Crippen molar-refractivity contribution in [2.24, 2.45) is 0 Å². The maximum atomic E-state index is 12.3. The van der Waals surface area contributed by atoms with Crippen LogP contribution in [0.15, 0.2) is 48.8 Å². The highest BCUT2D eigenvalue weighted by molar-refractivity contribution is 7.22. The molecule has 0 radical (unpaired) electrons. The van der Waals surface area contributed by atoms with Crippen LogP contribution >= 0.6 is 11.3 Å². The van der Waals surface area contributed by atoms with Gasteiger partial charge in [-0.05, 0) is 49.1 Å². The van der Waals surface area contributed by atoms with Gasteiger partial charge in [0.1, 0.15) is 0 Å². The third-order valence-corrected chi connectivity index (χ3v) is 5.83. The van der Waals surface area contributed by atoms with Gasteiger partial charge in [-0.25, -0.2) is 4.98 Å². The summed E-state index contributed by atoms with van der Waals surface area (Å²) in [4.78, 5) is 23.4. The first-order valence-electron chi connectivity index (χ1n) is 9.07. The average Bonchev–Trinajstić information content (AvgIpc) is 3.12. The number of hydrogen-bond acceptors (Lipinski definition) is 5. The smallest absolute Gasteiger partial charge is 0.220 e. The number of anilines is 1. The predicted octanol–water partition coefficient (Wildman–Crippen LogP) is 3.41. The molecule has 1 aliphatic rings. The Morgan fingerprint density at radius 1 is 1.23 bits per heavy atom. The van der Waals surface area contributed by atoms with Crippen LogP contribution in [0.3, 0.4) is 0 Å². The Labute approximate surface area is 157 Å². The molecule has 1 aliphatic heterocycles. The molecule has 1 amide bonds. The van der Waals surface area contributed by atoms with Crippen LogP contribution < -0.4 is 10.2 Å². The van der Waals surface area contributed by atoms with Crippen LogP contribution in [0.2, 0.25) is 0 Å². The van der Waals surface area contributed by atoms with Gasteiger partial charge in [-0.2, -0.15) is 0 Å². The molecule has 1 fully saturated rings. The first-order chi connectivity index (χ1) is 12.8. The molecule has 3 aromatic rings. The van der Waals surface area contributed by atoms with Gasteiger partial charge in [0.2, 0.25) is 5.91 Å². The van der Waals surface area contributed by atoms with Crippen molar-refractivity contribution in [3.8, 4) is 0 Å². The number of benzene rings is 1. The maximum absolute atomic E-state index is 12.3. The highest BCUT2D eigenvalue weighted by atomic mass is 32.1. The van der Waals surface area contributed by atoms with Crippen LogP contribution in [-0.4, -0.2) is 35.0 Å². The van der Waals surface area contributed by atoms with Crippen molar-refractivity contribution >= 4 is 32.6 Å². The minimum absolute atomic E-state index is 0.123. The molecule has 6 heteroatoms. The maximum Gasteiger partial charge on any atom is 0.220 e. The molecule has 0 aliphatic carbocycles. The summed E-state index contributed by atoms with van der Waals surface area (Å²) in [6, 6.07) is 12.3. The number of carbonyl (C=O) groups is 1. The minimum Gasteiger partial charge on any atom is -0.352 e. The van der Waals surface area contributed by atoms with Crippen molar-refractivity contribution < 1.29 is 4.79 Å². The topological polar surface area (TPSA) is 58.1 Å². The Kier molecular flexibility index (Phi) is 5.11. The Balaban J connectivity index is 1.33. The number of amides is 1. The Hall–Kier alpha value is -2.47. The summed E-state index contributed by atoms with van der Waals surface area (Å²) in [5.74, 6) is 0.123. The van der Waals surface area contributed by atoms with Crippen molar-refractivity contribution in [1.29, 1.82) is 0 Å². The molecule has 26 heavy (non-hydrogen) atoms. The van der Waals surface area contributed by atoms with E-state index < -0.39 is 0 Å². The number of piperidine rings is 1. The van der Waals surface area contributed by atoms with Crippen molar-refractivity contribution in [2.45, 2.75) is 31.7 Å². The van der Waals surface area contributed by atoms with E-state index in [1.807, 2.05) is 24.3 Å². The van der Waals surface area contributed by atoms with Gasteiger partial charge >= 0.3 is 0 Å². The zero-order chi connectivity index (χ0) is 17.8. The van der Waals surface area contributed by atoms with Crippen molar-refractivity contribution in [3.63, 3.8) is 0 Å². The molecular weight excluding hydrogens is 344 g/mol. The molecule has 3 heterocycles. The van der Waals surface area contributed by atoms with E-state index in [1.54, 1.807) is 23.7 Å². The first kappa shape index (κ1) is 17.0. The third kappa shape index (κ3) is 4.02. The Morgan fingerprint density at radius 2 is 2.08 bits per heavy atom. The second-order valence-corrected chi connectivity index (χ2v) is 7.68. The van der Waals surface area contributed by atoms with E-state index in [4.69, 9.17) is 4.98 Å². The summed E-state index contributed by atoms with van der Waals surface area (Å²) in [6.45, 7) is 1.84. The molecule has 1 unspecified atom stereocenters. The lowest BCUT2D eigenvalue weighted by Gasteiger charge is -2.33. The van der Waals surface area contributed by atoms with Crippen molar-refractivity contribution in [1.82, 2.24) is 15.3 Å². The highest BCUT2D eigenvalue weighted by Crippen LogP contribution is 2.30. The fraction of sp³-hybridized carbons (Fsp3) is 0.350. The standard InChI is InChI=1S/C20H22N4OS/c25-19(8-7-15-9-11-21-12-10-15)22-16-4-3-13-24(14-16)20-23-17-5-1-2-6-18(17)26-20/h1-2,5-6,9-12,16H,3-4,7-8,13-14H2,(H,22,25). The first-order valence-corrected chi connectivity index (χ1v) is 9.88. The third-order valence-electron chi connectivity index (χ3n) is 4.73. The lowest BCUT2D eigenvalue weighted by molar-refractivity contribution is -0.121. The fourth-order valence-electron chi connectivity index (χ4n) is 3.37. The van der Waals surface area contributed by atoms with Gasteiger partial charge < -0.3 is 10.2 Å². The van der Waals surface area contributed by atoms with E-state index in [2.05, 4.69) is 27.3 Å². The van der Waals surface area contributed by atoms with Gasteiger partial charge in [0.15, 0.2) is 5.13 Å². The molecule has 1 aromatic carbocycles. The molecule has 0 bridgehead atoms. The molecule has 2 aromatic heterocycles. The second-order valence-electron chi connectivity index (χ2n) is 6.67. The number of rotatable bonds is 5. The molecule has 0 saturated carbocycles. The average molecular weight is 366 g/mol. The number of aromatic nitrogens is 2. The number of hydrogen-bond donors (Lipinski definition) is 1. The molecule has 134 valence electrons. The zero-order valence-electron chi connectivity index (χ0n) is 14.6. The van der Waals surface area contributed by atoms with E-state index in [1.165, 1.54) is 4.70 Å². The van der Waals surface area contributed by atoms with Crippen molar-refractivity contribution in [2.75, 3.05) is 18.0 Å². The lowest BCUT2D eigenvalue weighted by Crippen LogP contribution is -2.47. The lowest BCUT2D eigenvalue weighted by atomic mass is 10.1. The van der Waals surface area contributed by atoms with Crippen LogP contribution in [0.4, 0.5) is 5.13 Å². The summed E-state index contributed by atoms with van der Waals surface area (Å²) in [5, 5.41) is 4.26. The van der Waals surface area contributed by atoms with Crippen LogP contribution in [0.5, 0.6) is 0 Å². The SMILES string of the molecule is O=C(CCc1ccncc1)NC1CCCN(c2nc3ccccc3s2)C1. The molecule has 1 N–H and O–H groups in total. The fourth-order valence-corrected chi connectivity index (χ4v) is 4.37. The minimum atomic E-state index is 0.123. The summed E-state index contributed by atoms with van der Waals surface area (Å²) >= 11 is 1.73. The quantitative estimate of drug-likeness (QED) is 0.752. The molecule has 1 atom stereocenters. The van der Waals surface area contributed by atoms with Gasteiger partial charge in [0, 0.05) is 37.9 Å². The number of fused-ring (bicyclic) bond motifs is 1. The summed E-state index contributed by atoms with van der Waals surface area (Å²) in [5.41, 5.74) is 2.20. The van der Waals surface area contributed by atoms with Crippen molar-refractivity contribution in [3.05, 3.63) is 54.4 Å². The second kappa shape index (κ2) is 7.83. The van der Waals surface area contributed by atoms with Crippen LogP contribution in [0.1, 0.15) is 24.8 Å². The number of aryl methyl sites for hydroxylation is 1. The van der Waals surface area contributed by atoms with E-state index >= 15 is 0 Å². The molecule has 5 nitrogen and oxygen atoms in total.